The number of morpholine rings is 1. The van der Waals surface area contributed by atoms with Crippen LogP contribution in [-0.4, -0.2) is 49.6 Å². The molecule has 7 nitrogen and oxygen atoms in total. The molecule has 1 fully saturated rings. The van der Waals surface area contributed by atoms with E-state index in [-0.39, 0.29) is 31.1 Å². The van der Waals surface area contributed by atoms with E-state index in [1.165, 1.54) is 18.2 Å². The smallest absolute Gasteiger partial charge is 0.324 e. The molecule has 112 valence electrons. The number of hydrogen-bond acceptors (Lipinski definition) is 5. The first-order valence-electron chi connectivity index (χ1n) is 6.25. The highest BCUT2D eigenvalue weighted by atomic mass is 32.2. The summed E-state index contributed by atoms with van der Waals surface area (Å²) >= 11 is 0. The number of carboxylic acid groups (broad SMARTS) is 1. The fourth-order valence-corrected chi connectivity index (χ4v) is 3.74. The molecule has 1 aliphatic rings. The molecule has 0 bridgehead atoms. The van der Waals surface area contributed by atoms with Crippen LogP contribution >= 0.6 is 0 Å². The number of sulfonamides is 1. The van der Waals surface area contributed by atoms with Crippen molar-refractivity contribution >= 4 is 16.0 Å². The molecule has 0 radical (unpaired) electrons. The van der Waals surface area contributed by atoms with Gasteiger partial charge in [0, 0.05) is 6.54 Å². The lowest BCUT2D eigenvalue weighted by Crippen LogP contribution is -2.52. The van der Waals surface area contributed by atoms with Gasteiger partial charge in [-0.2, -0.15) is 9.57 Å². The number of nitrogens with zero attached hydrogens (tertiary/aromatic N) is 2. The largest absolute Gasteiger partial charge is 0.480 e. The van der Waals surface area contributed by atoms with Crippen LogP contribution in [0.5, 0.6) is 0 Å². The lowest BCUT2D eigenvalue weighted by molar-refractivity contribution is -0.146. The quantitative estimate of drug-likeness (QED) is 0.852. The molecule has 0 saturated carbocycles. The molecule has 0 amide bonds. The van der Waals surface area contributed by atoms with Crippen LogP contribution in [0.1, 0.15) is 5.56 Å². The van der Waals surface area contributed by atoms with Crippen molar-refractivity contribution in [3.05, 3.63) is 29.8 Å². The van der Waals surface area contributed by atoms with E-state index in [2.05, 4.69) is 0 Å². The third kappa shape index (κ3) is 3.21. The Morgan fingerprint density at radius 2 is 2.29 bits per heavy atom. The summed E-state index contributed by atoms with van der Waals surface area (Å²) in [5.74, 6) is -1.24. The number of aliphatic carboxylic acids is 1. The van der Waals surface area contributed by atoms with Gasteiger partial charge in [0.05, 0.1) is 30.6 Å². The Morgan fingerprint density at radius 1 is 1.52 bits per heavy atom. The minimum Gasteiger partial charge on any atom is -0.480 e. The van der Waals surface area contributed by atoms with Crippen LogP contribution in [0, 0.1) is 11.3 Å². The molecule has 1 aromatic carbocycles. The minimum atomic E-state index is -3.93. The summed E-state index contributed by atoms with van der Waals surface area (Å²) in [7, 11) is -3.93. The van der Waals surface area contributed by atoms with Crippen molar-refractivity contribution in [2.75, 3.05) is 19.8 Å². The van der Waals surface area contributed by atoms with Gasteiger partial charge in [-0.05, 0) is 17.7 Å². The van der Waals surface area contributed by atoms with Crippen LogP contribution in [0.25, 0.3) is 0 Å². The SMILES string of the molecule is N#CCc1cccc(S(=O)(=O)N2CCOCC2C(=O)O)c1. The van der Waals surface area contributed by atoms with Gasteiger partial charge in [-0.15, -0.1) is 0 Å². The van der Waals surface area contributed by atoms with Gasteiger partial charge in [0.15, 0.2) is 0 Å². The molecule has 0 aromatic heterocycles. The van der Waals surface area contributed by atoms with Gasteiger partial charge in [0.1, 0.15) is 6.04 Å². The average Bonchev–Trinajstić information content (AvgIpc) is 2.48. The summed E-state index contributed by atoms with van der Waals surface area (Å²) in [4.78, 5) is 11.2. The van der Waals surface area contributed by atoms with Crippen molar-refractivity contribution in [2.45, 2.75) is 17.4 Å². The molecule has 0 aliphatic carbocycles. The topological polar surface area (TPSA) is 108 Å². The van der Waals surface area contributed by atoms with E-state index < -0.39 is 22.0 Å². The second-order valence-corrected chi connectivity index (χ2v) is 6.42. The Balaban J connectivity index is 2.38. The van der Waals surface area contributed by atoms with Gasteiger partial charge in [-0.1, -0.05) is 12.1 Å². The van der Waals surface area contributed by atoms with Gasteiger partial charge in [-0.25, -0.2) is 8.42 Å². The molecule has 1 aromatic rings. The summed E-state index contributed by atoms with van der Waals surface area (Å²) in [5.41, 5.74) is 0.568. The number of rotatable bonds is 4. The maximum atomic E-state index is 12.6. The zero-order chi connectivity index (χ0) is 15.5. The fraction of sp³-hybridized carbons (Fsp3) is 0.385. The van der Waals surface area contributed by atoms with E-state index >= 15 is 0 Å². The fourth-order valence-electron chi connectivity index (χ4n) is 2.11. The summed E-state index contributed by atoms with van der Waals surface area (Å²) in [6.07, 6.45) is 0.0921. The Bertz CT molecular complexity index is 680. The van der Waals surface area contributed by atoms with Crippen LogP contribution in [0.4, 0.5) is 0 Å². The van der Waals surface area contributed by atoms with Crippen LogP contribution < -0.4 is 0 Å². The van der Waals surface area contributed by atoms with Crippen LogP contribution in [0.15, 0.2) is 29.2 Å². The normalized spacial score (nSPS) is 19.9. The molecule has 1 unspecified atom stereocenters. The molecule has 1 heterocycles. The molecular formula is C13H14N2O5S. The maximum absolute atomic E-state index is 12.6. The molecule has 2 rings (SSSR count). The van der Waals surface area contributed by atoms with Crippen LogP contribution in [-0.2, 0) is 26.0 Å². The van der Waals surface area contributed by atoms with E-state index in [4.69, 9.17) is 15.1 Å². The zero-order valence-electron chi connectivity index (χ0n) is 11.1. The van der Waals surface area contributed by atoms with Gasteiger partial charge in [0.25, 0.3) is 0 Å². The Hall–Kier alpha value is -1.95. The first kappa shape index (κ1) is 15.4. The van der Waals surface area contributed by atoms with Crippen LogP contribution in [0.3, 0.4) is 0 Å². The van der Waals surface area contributed by atoms with Crippen LogP contribution in [0.2, 0.25) is 0 Å². The number of nitriles is 1. The standard InChI is InChI=1S/C13H14N2O5S/c14-5-4-10-2-1-3-11(8-10)21(18,19)15-6-7-20-9-12(15)13(16)17/h1-3,8,12H,4,6-7,9H2,(H,16,17). The number of carbonyl (C=O) groups is 1. The monoisotopic (exact) mass is 310 g/mol. The second kappa shape index (κ2) is 6.22. The summed E-state index contributed by atoms with van der Waals surface area (Å²) in [6.45, 7) is -0.0326. The predicted molar refractivity (Wildman–Crippen MR) is 71.9 cm³/mol. The highest BCUT2D eigenvalue weighted by Crippen LogP contribution is 2.21. The highest BCUT2D eigenvalue weighted by molar-refractivity contribution is 7.89. The Kier molecular flexibility index (Phi) is 4.57. The van der Waals surface area contributed by atoms with Crippen molar-refractivity contribution < 1.29 is 23.1 Å². The molecule has 1 saturated heterocycles. The van der Waals surface area contributed by atoms with Crippen molar-refractivity contribution in [3.8, 4) is 6.07 Å². The first-order chi connectivity index (χ1) is 9.96. The lowest BCUT2D eigenvalue weighted by Gasteiger charge is -2.31. The maximum Gasteiger partial charge on any atom is 0.324 e. The number of ether oxygens (including phenoxy) is 1. The van der Waals surface area contributed by atoms with Gasteiger partial charge >= 0.3 is 5.97 Å². The summed E-state index contributed by atoms with van der Waals surface area (Å²) in [6, 6.07) is 6.69. The number of benzene rings is 1. The van der Waals surface area contributed by atoms with E-state index in [9.17, 15) is 13.2 Å². The highest BCUT2D eigenvalue weighted by Gasteiger charge is 2.38. The summed E-state index contributed by atoms with van der Waals surface area (Å²) in [5, 5.41) is 17.8. The molecule has 0 spiro atoms. The molecule has 1 N–H and O–H groups in total. The molecule has 1 aliphatic heterocycles. The average molecular weight is 310 g/mol. The van der Waals surface area contributed by atoms with Gasteiger partial charge in [-0.3, -0.25) is 4.79 Å². The first-order valence-corrected chi connectivity index (χ1v) is 7.69. The molecule has 1 atom stereocenters. The lowest BCUT2D eigenvalue weighted by atomic mass is 10.2. The minimum absolute atomic E-state index is 0.0107. The predicted octanol–water partition coefficient (Wildman–Crippen LogP) is 0.227. The second-order valence-electron chi connectivity index (χ2n) is 4.53. The van der Waals surface area contributed by atoms with Crippen molar-refractivity contribution in [1.29, 1.82) is 5.26 Å². The van der Waals surface area contributed by atoms with Crippen molar-refractivity contribution in [1.82, 2.24) is 4.31 Å². The van der Waals surface area contributed by atoms with E-state index in [1.807, 2.05) is 6.07 Å². The van der Waals surface area contributed by atoms with E-state index in [0.717, 1.165) is 4.31 Å². The van der Waals surface area contributed by atoms with E-state index in [1.54, 1.807) is 6.07 Å². The third-order valence-corrected chi connectivity index (χ3v) is 5.06. The molecular weight excluding hydrogens is 296 g/mol. The van der Waals surface area contributed by atoms with E-state index in [0.29, 0.717) is 5.56 Å². The Labute approximate surface area is 122 Å². The number of hydrogen-bond donors (Lipinski definition) is 1. The Morgan fingerprint density at radius 3 is 2.95 bits per heavy atom. The molecule has 21 heavy (non-hydrogen) atoms. The van der Waals surface area contributed by atoms with Crippen molar-refractivity contribution in [3.63, 3.8) is 0 Å². The number of carboxylic acids is 1. The van der Waals surface area contributed by atoms with Gasteiger partial charge in [0.2, 0.25) is 10.0 Å². The van der Waals surface area contributed by atoms with Crippen molar-refractivity contribution in [2.24, 2.45) is 0 Å². The third-order valence-electron chi connectivity index (χ3n) is 3.15. The van der Waals surface area contributed by atoms with Gasteiger partial charge < -0.3 is 9.84 Å². The summed E-state index contributed by atoms with van der Waals surface area (Å²) < 4.78 is 31.1. The zero-order valence-corrected chi connectivity index (χ0v) is 11.9. The molecule has 8 heteroatoms.